The van der Waals surface area contributed by atoms with Crippen molar-refractivity contribution in [3.63, 3.8) is 0 Å². The van der Waals surface area contributed by atoms with Gasteiger partial charge < -0.3 is 14.8 Å². The zero-order valence-electron chi connectivity index (χ0n) is 14.9. The molecule has 0 radical (unpaired) electrons. The van der Waals surface area contributed by atoms with E-state index in [-0.39, 0.29) is 17.8 Å². The van der Waals surface area contributed by atoms with Gasteiger partial charge in [0.2, 0.25) is 0 Å². The van der Waals surface area contributed by atoms with E-state index in [2.05, 4.69) is 15.5 Å². The quantitative estimate of drug-likeness (QED) is 0.815. The van der Waals surface area contributed by atoms with Crippen molar-refractivity contribution in [1.82, 2.24) is 10.2 Å². The summed E-state index contributed by atoms with van der Waals surface area (Å²) in [6.45, 7) is 6.22. The van der Waals surface area contributed by atoms with E-state index < -0.39 is 0 Å². The van der Waals surface area contributed by atoms with Crippen LogP contribution in [0.4, 0.5) is 5.82 Å². The summed E-state index contributed by atoms with van der Waals surface area (Å²) >= 11 is 0. The van der Waals surface area contributed by atoms with Crippen LogP contribution in [0.2, 0.25) is 0 Å². The fourth-order valence-corrected chi connectivity index (χ4v) is 3.25. The molecule has 1 aliphatic rings. The summed E-state index contributed by atoms with van der Waals surface area (Å²) in [7, 11) is 1.63. The Bertz CT molecular complexity index is 808. The van der Waals surface area contributed by atoms with E-state index in [1.165, 1.54) is 0 Å². The van der Waals surface area contributed by atoms with E-state index >= 15 is 0 Å². The molecule has 6 heteroatoms. The lowest BCUT2D eigenvalue weighted by molar-refractivity contribution is -0.138. The van der Waals surface area contributed by atoms with Crippen molar-refractivity contribution < 1.29 is 14.3 Å². The Morgan fingerprint density at radius 1 is 1.28 bits per heavy atom. The molecular formula is C19H23N3O3. The van der Waals surface area contributed by atoms with E-state index in [1.54, 1.807) is 13.3 Å². The number of hydrogen-bond donors (Lipinski definition) is 2. The van der Waals surface area contributed by atoms with Crippen molar-refractivity contribution in [3.05, 3.63) is 52.9 Å². The molecule has 0 bridgehead atoms. The number of aromatic amines is 1. The second kappa shape index (κ2) is 7.01. The van der Waals surface area contributed by atoms with Gasteiger partial charge in [-0.3, -0.25) is 5.10 Å². The van der Waals surface area contributed by atoms with Gasteiger partial charge in [0.25, 0.3) is 0 Å². The fourth-order valence-electron chi connectivity index (χ4n) is 3.25. The van der Waals surface area contributed by atoms with Gasteiger partial charge in [0.15, 0.2) is 0 Å². The van der Waals surface area contributed by atoms with E-state index in [1.807, 2.05) is 45.0 Å². The van der Waals surface area contributed by atoms with E-state index in [0.717, 1.165) is 28.4 Å². The molecule has 0 saturated carbocycles. The van der Waals surface area contributed by atoms with E-state index in [0.29, 0.717) is 12.2 Å². The minimum absolute atomic E-state index is 0.119. The Balaban J connectivity index is 2.25. The summed E-state index contributed by atoms with van der Waals surface area (Å²) in [4.78, 5) is 12.8. The molecule has 0 saturated heterocycles. The Morgan fingerprint density at radius 2 is 2.04 bits per heavy atom. The van der Waals surface area contributed by atoms with Gasteiger partial charge in [-0.1, -0.05) is 32.0 Å². The molecule has 0 spiro atoms. The molecule has 132 valence electrons. The lowest BCUT2D eigenvalue weighted by Crippen LogP contribution is -2.27. The molecular weight excluding hydrogens is 318 g/mol. The van der Waals surface area contributed by atoms with Crippen LogP contribution in [0.1, 0.15) is 37.8 Å². The standard InChI is InChI=1S/C19H23N3O3/c1-5-25-19(23)16-15(12-8-6-7-9-14(12)24-4)13-10-20-22-18(13)21-17(16)11(2)3/h6-11,15H,5H2,1-4H3,(H2,20,21,22). The van der Waals surface area contributed by atoms with Crippen molar-refractivity contribution in [1.29, 1.82) is 0 Å². The number of carbonyl (C=O) groups excluding carboxylic acids is 1. The van der Waals surface area contributed by atoms with Gasteiger partial charge in [-0.15, -0.1) is 0 Å². The molecule has 25 heavy (non-hydrogen) atoms. The normalized spacial score (nSPS) is 16.4. The summed E-state index contributed by atoms with van der Waals surface area (Å²) in [5.41, 5.74) is 3.26. The summed E-state index contributed by atoms with van der Waals surface area (Å²) in [6.07, 6.45) is 1.75. The molecule has 0 fully saturated rings. The van der Waals surface area contributed by atoms with E-state index in [9.17, 15) is 4.79 Å². The number of nitrogens with one attached hydrogen (secondary N) is 2. The van der Waals surface area contributed by atoms with Gasteiger partial charge in [-0.05, 0) is 18.9 Å². The number of nitrogens with zero attached hydrogens (tertiary/aromatic N) is 1. The Labute approximate surface area is 147 Å². The number of methoxy groups -OCH3 is 1. The largest absolute Gasteiger partial charge is 0.496 e. The summed E-state index contributed by atoms with van der Waals surface area (Å²) in [5.74, 6) is 1.02. The smallest absolute Gasteiger partial charge is 0.336 e. The summed E-state index contributed by atoms with van der Waals surface area (Å²) in [6, 6.07) is 7.73. The number of carbonyl (C=O) groups is 1. The molecule has 1 unspecified atom stereocenters. The van der Waals surface area contributed by atoms with Crippen molar-refractivity contribution >= 4 is 11.8 Å². The van der Waals surface area contributed by atoms with Gasteiger partial charge in [0.1, 0.15) is 11.6 Å². The van der Waals surface area contributed by atoms with Crippen LogP contribution in [-0.2, 0) is 9.53 Å². The maximum atomic E-state index is 12.8. The number of para-hydroxylation sites is 1. The van der Waals surface area contributed by atoms with Crippen LogP contribution in [0.3, 0.4) is 0 Å². The van der Waals surface area contributed by atoms with Crippen LogP contribution in [0.25, 0.3) is 0 Å². The van der Waals surface area contributed by atoms with Gasteiger partial charge in [0, 0.05) is 16.8 Å². The number of rotatable bonds is 5. The number of ether oxygens (including phenoxy) is 2. The molecule has 3 rings (SSSR count). The lowest BCUT2D eigenvalue weighted by Gasteiger charge is -2.31. The number of H-pyrrole nitrogens is 1. The van der Waals surface area contributed by atoms with Gasteiger partial charge in [-0.2, -0.15) is 5.10 Å². The Morgan fingerprint density at radius 3 is 2.72 bits per heavy atom. The van der Waals surface area contributed by atoms with Crippen LogP contribution in [0, 0.1) is 5.92 Å². The molecule has 1 aromatic heterocycles. The maximum absolute atomic E-state index is 12.8. The molecule has 0 aliphatic carbocycles. The lowest BCUT2D eigenvalue weighted by atomic mass is 9.80. The number of esters is 1. The molecule has 1 aromatic carbocycles. The average Bonchev–Trinajstić information content (AvgIpc) is 3.08. The third-order valence-corrected chi connectivity index (χ3v) is 4.34. The van der Waals surface area contributed by atoms with Crippen molar-refractivity contribution in [2.45, 2.75) is 26.7 Å². The number of allylic oxidation sites excluding steroid dienone is 1. The molecule has 1 atom stereocenters. The van der Waals surface area contributed by atoms with Crippen LogP contribution in [0.15, 0.2) is 41.7 Å². The van der Waals surface area contributed by atoms with Crippen molar-refractivity contribution in [3.8, 4) is 5.75 Å². The minimum Gasteiger partial charge on any atom is -0.496 e. The number of hydrogen-bond acceptors (Lipinski definition) is 5. The zero-order chi connectivity index (χ0) is 18.0. The molecule has 6 nitrogen and oxygen atoms in total. The highest BCUT2D eigenvalue weighted by Crippen LogP contribution is 2.45. The molecule has 1 aliphatic heterocycles. The first-order valence-electron chi connectivity index (χ1n) is 8.42. The number of fused-ring (bicyclic) bond motifs is 1. The predicted molar refractivity (Wildman–Crippen MR) is 95.5 cm³/mol. The van der Waals surface area contributed by atoms with Gasteiger partial charge >= 0.3 is 5.97 Å². The predicted octanol–water partition coefficient (Wildman–Crippen LogP) is 3.45. The zero-order valence-corrected chi connectivity index (χ0v) is 14.9. The maximum Gasteiger partial charge on any atom is 0.336 e. The summed E-state index contributed by atoms with van der Waals surface area (Å²) < 4.78 is 10.9. The molecule has 2 N–H and O–H groups in total. The van der Waals surface area contributed by atoms with Crippen LogP contribution in [0.5, 0.6) is 5.75 Å². The van der Waals surface area contributed by atoms with Crippen LogP contribution < -0.4 is 10.1 Å². The van der Waals surface area contributed by atoms with Crippen LogP contribution >= 0.6 is 0 Å². The summed E-state index contributed by atoms with van der Waals surface area (Å²) in [5, 5.41) is 10.5. The average molecular weight is 341 g/mol. The first-order valence-corrected chi connectivity index (χ1v) is 8.42. The monoisotopic (exact) mass is 341 g/mol. The SMILES string of the molecule is CCOC(=O)C1=C(C(C)C)Nc2[nH]ncc2C1c1ccccc1OC. The Hall–Kier alpha value is -2.76. The molecule has 0 amide bonds. The molecule has 2 aromatic rings. The third kappa shape index (κ3) is 2.99. The van der Waals surface area contributed by atoms with Gasteiger partial charge in [0.05, 0.1) is 31.4 Å². The first-order chi connectivity index (χ1) is 12.1. The number of anilines is 1. The highest BCUT2D eigenvalue weighted by Gasteiger charge is 2.37. The van der Waals surface area contributed by atoms with Crippen molar-refractivity contribution in [2.75, 3.05) is 19.0 Å². The minimum atomic E-state index is -0.318. The number of aromatic nitrogens is 2. The highest BCUT2D eigenvalue weighted by atomic mass is 16.5. The Kier molecular flexibility index (Phi) is 4.79. The van der Waals surface area contributed by atoms with Crippen molar-refractivity contribution in [2.24, 2.45) is 5.92 Å². The fraction of sp³-hybridized carbons (Fsp3) is 0.368. The second-order valence-electron chi connectivity index (χ2n) is 6.20. The van der Waals surface area contributed by atoms with Crippen LogP contribution in [-0.4, -0.2) is 29.9 Å². The highest BCUT2D eigenvalue weighted by molar-refractivity contribution is 5.94. The first kappa shape index (κ1) is 17.1. The van der Waals surface area contributed by atoms with E-state index in [4.69, 9.17) is 9.47 Å². The molecule has 2 heterocycles. The topological polar surface area (TPSA) is 76.2 Å². The number of benzene rings is 1. The van der Waals surface area contributed by atoms with Gasteiger partial charge in [-0.25, -0.2) is 4.79 Å². The second-order valence-corrected chi connectivity index (χ2v) is 6.20. The third-order valence-electron chi connectivity index (χ3n) is 4.34.